The maximum atomic E-state index is 12.7. The Hall–Kier alpha value is -1.42. The van der Waals surface area contributed by atoms with Crippen LogP contribution in [0.5, 0.6) is 0 Å². The van der Waals surface area contributed by atoms with Crippen molar-refractivity contribution in [3.63, 3.8) is 0 Å². The number of carbonyl (C=O) groups is 1. The van der Waals surface area contributed by atoms with Crippen molar-refractivity contribution in [3.8, 4) is 0 Å². The Morgan fingerprint density at radius 3 is 2.12 bits per heavy atom. The number of anilines is 1. The van der Waals surface area contributed by atoms with Gasteiger partial charge in [0, 0.05) is 12.1 Å². The molecule has 4 heteroatoms. The van der Waals surface area contributed by atoms with E-state index in [-0.39, 0.29) is 11.3 Å². The second-order valence-corrected chi connectivity index (χ2v) is 9.27. The van der Waals surface area contributed by atoms with Gasteiger partial charge in [-0.15, -0.1) is 0 Å². The summed E-state index contributed by atoms with van der Waals surface area (Å²) in [6.07, 6.45) is 8.63. The van der Waals surface area contributed by atoms with Crippen molar-refractivity contribution >= 4 is 28.9 Å². The van der Waals surface area contributed by atoms with Crippen LogP contribution in [0, 0.1) is 37.0 Å². The minimum absolute atomic E-state index is 0.0886. The van der Waals surface area contributed by atoms with Crippen molar-refractivity contribution in [2.75, 3.05) is 5.32 Å². The zero-order chi connectivity index (χ0) is 17.6. The quantitative estimate of drug-likeness (QED) is 0.770. The molecule has 0 heterocycles. The summed E-state index contributed by atoms with van der Waals surface area (Å²) in [5, 5.41) is 6.58. The molecule has 0 atom stereocenters. The highest BCUT2D eigenvalue weighted by atomic mass is 32.1. The number of hydrogen-bond donors (Lipinski definition) is 2. The van der Waals surface area contributed by atoms with Gasteiger partial charge >= 0.3 is 0 Å². The largest absolute Gasteiger partial charge is 0.332 e. The fraction of sp³-hybridized carbons (Fsp3) is 0.619. The Morgan fingerprint density at radius 1 is 1.08 bits per heavy atom. The molecule has 0 aliphatic heterocycles. The monoisotopic (exact) mass is 356 g/mol. The van der Waals surface area contributed by atoms with E-state index in [9.17, 15) is 4.79 Å². The number of hydrogen-bond acceptors (Lipinski definition) is 2. The van der Waals surface area contributed by atoms with Crippen LogP contribution in [0.25, 0.3) is 0 Å². The predicted octanol–water partition coefficient (Wildman–Crippen LogP) is 4.72. The third-order valence-electron chi connectivity index (χ3n) is 6.67. The summed E-state index contributed by atoms with van der Waals surface area (Å²) >= 11 is 5.40. The van der Waals surface area contributed by atoms with Crippen molar-refractivity contribution in [1.29, 1.82) is 0 Å². The van der Waals surface area contributed by atoms with Crippen molar-refractivity contribution in [2.45, 2.75) is 58.8 Å². The molecule has 4 saturated carbocycles. The normalized spacial score (nSPS) is 32.5. The lowest BCUT2D eigenvalue weighted by molar-refractivity contribution is -0.127. The van der Waals surface area contributed by atoms with E-state index in [1.165, 1.54) is 38.5 Å². The lowest BCUT2D eigenvalue weighted by atomic mass is 9.49. The third kappa shape index (κ3) is 3.46. The number of rotatable bonds is 3. The lowest BCUT2D eigenvalue weighted by Gasteiger charge is -2.56. The second kappa shape index (κ2) is 6.39. The molecule has 0 unspecified atom stereocenters. The van der Waals surface area contributed by atoms with E-state index in [2.05, 4.69) is 36.6 Å². The molecule has 1 aromatic carbocycles. The van der Waals surface area contributed by atoms with Crippen LogP contribution >= 0.6 is 12.2 Å². The molecule has 3 nitrogen and oxygen atoms in total. The molecule has 4 aliphatic rings. The molecule has 25 heavy (non-hydrogen) atoms. The number of para-hydroxylation sites is 1. The molecule has 0 aromatic heterocycles. The summed E-state index contributed by atoms with van der Waals surface area (Å²) in [7, 11) is 0. The molecule has 0 spiro atoms. The Kier molecular flexibility index (Phi) is 4.35. The Balaban J connectivity index is 1.37. The SMILES string of the molecule is Cc1cccc(C)c1NC(=S)NC(=O)CC12CC3CC(CC(C3)C1)C2. The fourth-order valence-electron chi connectivity index (χ4n) is 6.17. The van der Waals surface area contributed by atoms with Gasteiger partial charge in [-0.25, -0.2) is 0 Å². The predicted molar refractivity (Wildman–Crippen MR) is 106 cm³/mol. The van der Waals surface area contributed by atoms with Crippen LogP contribution in [0.2, 0.25) is 0 Å². The second-order valence-electron chi connectivity index (χ2n) is 8.86. The van der Waals surface area contributed by atoms with E-state index in [1.54, 1.807) is 0 Å². The number of aryl methyl sites for hydroxylation is 2. The first-order valence-corrected chi connectivity index (χ1v) is 10.0. The van der Waals surface area contributed by atoms with E-state index >= 15 is 0 Å². The molecular weight excluding hydrogens is 328 g/mol. The zero-order valence-corrected chi connectivity index (χ0v) is 16.0. The van der Waals surface area contributed by atoms with Gasteiger partial charge in [0.15, 0.2) is 5.11 Å². The molecule has 0 saturated heterocycles. The molecule has 2 N–H and O–H groups in total. The number of benzene rings is 1. The highest BCUT2D eigenvalue weighted by molar-refractivity contribution is 7.80. The zero-order valence-electron chi connectivity index (χ0n) is 15.2. The Morgan fingerprint density at radius 2 is 1.60 bits per heavy atom. The molecular formula is C21H28N2OS. The van der Waals surface area contributed by atoms with Crippen molar-refractivity contribution in [1.82, 2.24) is 5.32 Å². The minimum atomic E-state index is 0.0886. The van der Waals surface area contributed by atoms with Crippen LogP contribution in [0.3, 0.4) is 0 Å². The van der Waals surface area contributed by atoms with Crippen LogP contribution < -0.4 is 10.6 Å². The first kappa shape index (κ1) is 17.0. The number of thiocarbonyl (C=S) groups is 1. The first-order chi connectivity index (χ1) is 11.9. The summed E-state index contributed by atoms with van der Waals surface area (Å²) < 4.78 is 0. The first-order valence-electron chi connectivity index (χ1n) is 9.59. The Labute approximate surface area is 156 Å². The van der Waals surface area contributed by atoms with Gasteiger partial charge in [0.25, 0.3) is 0 Å². The van der Waals surface area contributed by atoms with Crippen molar-refractivity contribution in [2.24, 2.45) is 23.2 Å². The van der Waals surface area contributed by atoms with Gasteiger partial charge in [-0.2, -0.15) is 0 Å². The van der Waals surface area contributed by atoms with E-state index in [0.717, 1.165) is 34.6 Å². The van der Waals surface area contributed by atoms with Gasteiger partial charge in [0.05, 0.1) is 0 Å². The molecule has 134 valence electrons. The lowest BCUT2D eigenvalue weighted by Crippen LogP contribution is -2.48. The van der Waals surface area contributed by atoms with E-state index in [0.29, 0.717) is 11.5 Å². The minimum Gasteiger partial charge on any atom is -0.332 e. The van der Waals surface area contributed by atoms with Gasteiger partial charge in [-0.05, 0) is 98.9 Å². The van der Waals surface area contributed by atoms with Gasteiger partial charge in [0.1, 0.15) is 0 Å². The number of amides is 1. The highest BCUT2D eigenvalue weighted by Crippen LogP contribution is 2.61. The smallest absolute Gasteiger partial charge is 0.226 e. The van der Waals surface area contributed by atoms with E-state index in [4.69, 9.17) is 12.2 Å². The number of nitrogens with one attached hydrogen (secondary N) is 2. The molecule has 5 rings (SSSR count). The van der Waals surface area contributed by atoms with Crippen molar-refractivity contribution < 1.29 is 4.79 Å². The highest BCUT2D eigenvalue weighted by Gasteiger charge is 2.51. The third-order valence-corrected chi connectivity index (χ3v) is 6.88. The van der Waals surface area contributed by atoms with Crippen LogP contribution in [0.4, 0.5) is 5.69 Å². The molecule has 1 aromatic rings. The van der Waals surface area contributed by atoms with Gasteiger partial charge in [0.2, 0.25) is 5.91 Å². The van der Waals surface area contributed by atoms with Gasteiger partial charge in [-0.1, -0.05) is 18.2 Å². The standard InChI is InChI=1S/C21H28N2OS/c1-13-4-3-5-14(2)19(13)23-20(25)22-18(24)12-21-9-15-6-16(10-21)8-17(7-15)11-21/h3-5,15-17H,6-12H2,1-2H3,(H2,22,23,24,25). The van der Waals surface area contributed by atoms with Crippen LogP contribution in [0.1, 0.15) is 56.1 Å². The van der Waals surface area contributed by atoms with Crippen LogP contribution in [-0.4, -0.2) is 11.0 Å². The van der Waals surface area contributed by atoms with Gasteiger partial charge < -0.3 is 10.6 Å². The summed E-state index contributed by atoms with van der Waals surface area (Å²) in [5.74, 6) is 2.71. The van der Waals surface area contributed by atoms with Gasteiger partial charge in [-0.3, -0.25) is 4.79 Å². The molecule has 4 bridgehead atoms. The average Bonchev–Trinajstić information content (AvgIpc) is 2.49. The van der Waals surface area contributed by atoms with Crippen LogP contribution in [0.15, 0.2) is 18.2 Å². The maximum Gasteiger partial charge on any atom is 0.226 e. The maximum absolute atomic E-state index is 12.7. The Bertz CT molecular complexity index is 656. The van der Waals surface area contributed by atoms with E-state index in [1.807, 2.05) is 6.07 Å². The molecule has 4 aliphatic carbocycles. The topological polar surface area (TPSA) is 41.1 Å². The summed E-state index contributed by atoms with van der Waals surface area (Å²) in [4.78, 5) is 12.7. The average molecular weight is 357 g/mol. The summed E-state index contributed by atoms with van der Waals surface area (Å²) in [6, 6.07) is 6.13. The summed E-state index contributed by atoms with van der Waals surface area (Å²) in [5.41, 5.74) is 3.53. The van der Waals surface area contributed by atoms with Crippen molar-refractivity contribution in [3.05, 3.63) is 29.3 Å². The molecule has 0 radical (unpaired) electrons. The molecule has 4 fully saturated rings. The molecule has 1 amide bonds. The van der Waals surface area contributed by atoms with Crippen LogP contribution in [-0.2, 0) is 4.79 Å². The summed E-state index contributed by atoms with van der Waals surface area (Å²) in [6.45, 7) is 4.10. The fourth-order valence-corrected chi connectivity index (χ4v) is 6.39. The van der Waals surface area contributed by atoms with E-state index < -0.39 is 0 Å². The number of carbonyl (C=O) groups excluding carboxylic acids is 1.